The molecule has 194 valence electrons. The van der Waals surface area contributed by atoms with Crippen LogP contribution >= 0.6 is 0 Å². The Labute approximate surface area is 227 Å². The average molecular weight is 515 g/mol. The molecule has 1 aromatic carbocycles. The minimum absolute atomic E-state index is 0.000246. The molecule has 0 spiro atoms. The van der Waals surface area contributed by atoms with Gasteiger partial charge in [-0.05, 0) is 66.3 Å². The lowest BCUT2D eigenvalue weighted by molar-refractivity contribution is -0.116. The van der Waals surface area contributed by atoms with Gasteiger partial charge >= 0.3 is 0 Å². The van der Waals surface area contributed by atoms with Crippen molar-refractivity contribution in [3.63, 3.8) is 0 Å². The lowest BCUT2D eigenvalue weighted by atomic mass is 9.94. The zero-order chi connectivity index (χ0) is 26.8. The smallest absolute Gasteiger partial charge is 0.224 e. The van der Waals surface area contributed by atoms with Gasteiger partial charge in [-0.3, -0.25) is 24.7 Å². The summed E-state index contributed by atoms with van der Waals surface area (Å²) in [5.41, 5.74) is 9.97. The predicted molar refractivity (Wildman–Crippen MR) is 156 cm³/mol. The van der Waals surface area contributed by atoms with Gasteiger partial charge in [0.25, 0.3) is 0 Å². The van der Waals surface area contributed by atoms with Gasteiger partial charge in [-0.15, -0.1) is 0 Å². The Morgan fingerprint density at radius 3 is 2.67 bits per heavy atom. The number of hydrogen-bond donors (Lipinski definition) is 2. The first-order valence-corrected chi connectivity index (χ1v) is 13.4. The summed E-state index contributed by atoms with van der Waals surface area (Å²) in [6, 6.07) is 16.6. The Bertz CT molecular complexity index is 1690. The van der Waals surface area contributed by atoms with E-state index in [0.717, 1.165) is 69.6 Å². The van der Waals surface area contributed by atoms with E-state index in [-0.39, 0.29) is 5.91 Å². The normalized spacial score (nSPS) is 13.2. The molecule has 5 aromatic rings. The molecule has 1 aliphatic rings. The maximum absolute atomic E-state index is 12.3. The van der Waals surface area contributed by atoms with Crippen LogP contribution in [0, 0.1) is 5.92 Å². The van der Waals surface area contributed by atoms with Crippen LogP contribution in [-0.4, -0.2) is 38.1 Å². The van der Waals surface area contributed by atoms with Gasteiger partial charge in [0.1, 0.15) is 0 Å². The number of H-pyrrole nitrogens is 1. The number of amides is 1. The molecule has 0 bridgehead atoms. The molecule has 0 radical (unpaired) electrons. The number of rotatable bonds is 6. The van der Waals surface area contributed by atoms with Crippen molar-refractivity contribution < 1.29 is 4.79 Å². The topological polar surface area (TPSA) is 95.9 Å². The summed E-state index contributed by atoms with van der Waals surface area (Å²) in [6.07, 6.45) is 11.4. The van der Waals surface area contributed by atoms with Gasteiger partial charge in [-0.2, -0.15) is 0 Å². The molecule has 5 heterocycles. The van der Waals surface area contributed by atoms with E-state index in [4.69, 9.17) is 4.99 Å². The summed E-state index contributed by atoms with van der Waals surface area (Å²) >= 11 is 0. The molecule has 1 aliphatic heterocycles. The molecule has 0 fully saturated rings. The molecule has 39 heavy (non-hydrogen) atoms. The molecule has 0 saturated carbocycles. The van der Waals surface area contributed by atoms with Crippen molar-refractivity contribution in [3.8, 4) is 22.4 Å². The molecule has 0 atom stereocenters. The van der Waals surface area contributed by atoms with Crippen LogP contribution in [-0.2, 0) is 11.2 Å². The monoisotopic (exact) mass is 514 g/mol. The van der Waals surface area contributed by atoms with Gasteiger partial charge in [0.05, 0.1) is 29.0 Å². The quantitative estimate of drug-likeness (QED) is 0.272. The first kappa shape index (κ1) is 24.7. The van der Waals surface area contributed by atoms with Gasteiger partial charge in [-0.1, -0.05) is 26.0 Å². The van der Waals surface area contributed by atoms with Gasteiger partial charge in [0.15, 0.2) is 0 Å². The minimum Gasteiger partial charge on any atom is -0.353 e. The largest absolute Gasteiger partial charge is 0.353 e. The van der Waals surface area contributed by atoms with E-state index < -0.39 is 0 Å². The van der Waals surface area contributed by atoms with Crippen LogP contribution in [0.25, 0.3) is 33.3 Å². The van der Waals surface area contributed by atoms with Crippen molar-refractivity contribution >= 4 is 28.2 Å². The van der Waals surface area contributed by atoms with E-state index in [2.05, 4.69) is 49.5 Å². The maximum atomic E-state index is 12.3. The molecule has 7 nitrogen and oxygen atoms in total. The lowest BCUT2D eigenvalue weighted by Crippen LogP contribution is -2.14. The molecule has 6 rings (SSSR count). The zero-order valence-electron chi connectivity index (χ0n) is 22.1. The zero-order valence-corrected chi connectivity index (χ0v) is 22.1. The Morgan fingerprint density at radius 2 is 1.82 bits per heavy atom. The number of pyridine rings is 3. The molecule has 1 amide bonds. The van der Waals surface area contributed by atoms with Crippen LogP contribution in [0.15, 0.2) is 84.5 Å². The number of fused-ring (bicyclic) bond motifs is 2. The van der Waals surface area contributed by atoms with Gasteiger partial charge < -0.3 is 10.3 Å². The van der Waals surface area contributed by atoms with E-state index in [1.807, 2.05) is 50.5 Å². The second kappa shape index (κ2) is 10.6. The summed E-state index contributed by atoms with van der Waals surface area (Å²) in [5.74, 6) is 0.296. The number of benzene rings is 1. The van der Waals surface area contributed by atoms with Crippen molar-refractivity contribution in [1.82, 2.24) is 19.9 Å². The summed E-state index contributed by atoms with van der Waals surface area (Å²) in [7, 11) is 0. The molecule has 4 aromatic heterocycles. The SMILES string of the molecule is CC(C)CC(=O)Nc1cncc(-c2ccc3c(c2)C(c2cc4c(-c5ccncc5)nccc4[nH]2)=NCCC3)c1. The average Bonchev–Trinajstić information content (AvgIpc) is 3.26. The second-order valence-electron chi connectivity index (χ2n) is 10.4. The van der Waals surface area contributed by atoms with Gasteiger partial charge in [0.2, 0.25) is 5.91 Å². The number of anilines is 1. The summed E-state index contributed by atoms with van der Waals surface area (Å²) in [5, 5.41) is 4.04. The molecule has 7 heteroatoms. The third-order valence-electron chi connectivity index (χ3n) is 6.95. The number of hydrogen-bond acceptors (Lipinski definition) is 5. The van der Waals surface area contributed by atoms with E-state index >= 15 is 0 Å². The molecular formula is C32H30N6O. The van der Waals surface area contributed by atoms with E-state index in [9.17, 15) is 4.79 Å². The van der Waals surface area contributed by atoms with Crippen LogP contribution in [0.1, 0.15) is 43.5 Å². The third-order valence-corrected chi connectivity index (χ3v) is 6.95. The van der Waals surface area contributed by atoms with Gasteiger partial charge in [-0.25, -0.2) is 0 Å². The van der Waals surface area contributed by atoms with Crippen LogP contribution in [0.2, 0.25) is 0 Å². The fourth-order valence-electron chi connectivity index (χ4n) is 5.14. The van der Waals surface area contributed by atoms with Crippen LogP contribution in [0.4, 0.5) is 5.69 Å². The van der Waals surface area contributed by atoms with Crippen LogP contribution in [0.5, 0.6) is 0 Å². The third kappa shape index (κ3) is 5.21. The molecular weight excluding hydrogens is 484 g/mol. The predicted octanol–water partition coefficient (Wildman–Crippen LogP) is 6.46. The molecule has 2 N–H and O–H groups in total. The van der Waals surface area contributed by atoms with Crippen molar-refractivity contribution in [1.29, 1.82) is 0 Å². The number of aliphatic imine (C=N–C) groups is 1. The first-order valence-electron chi connectivity index (χ1n) is 13.4. The number of aryl methyl sites for hydroxylation is 1. The highest BCUT2D eigenvalue weighted by atomic mass is 16.1. The molecule has 0 unspecified atom stereocenters. The van der Waals surface area contributed by atoms with E-state index in [1.54, 1.807) is 18.6 Å². The Morgan fingerprint density at radius 1 is 0.949 bits per heavy atom. The standard InChI is InChI=1S/C32H30N6O/c1-20(2)14-30(39)37-25-15-24(18-34-19-25)23-6-5-21-4-3-10-35-32(26(21)16-23)29-17-27-28(38-29)9-13-36-31(27)22-7-11-33-12-8-22/h5-9,11-13,15-20,38H,3-4,10,14H2,1-2H3,(H,37,39). The number of nitrogens with zero attached hydrogens (tertiary/aromatic N) is 4. The highest BCUT2D eigenvalue weighted by Gasteiger charge is 2.19. The molecule has 0 aliphatic carbocycles. The number of aromatic amines is 1. The van der Waals surface area contributed by atoms with Crippen LogP contribution in [0.3, 0.4) is 0 Å². The van der Waals surface area contributed by atoms with E-state index in [0.29, 0.717) is 18.0 Å². The highest BCUT2D eigenvalue weighted by Crippen LogP contribution is 2.31. The summed E-state index contributed by atoms with van der Waals surface area (Å²) < 4.78 is 0. The second-order valence-corrected chi connectivity index (χ2v) is 10.4. The number of carbonyl (C=O) groups is 1. The van der Waals surface area contributed by atoms with Gasteiger partial charge in [0, 0.05) is 65.3 Å². The van der Waals surface area contributed by atoms with Crippen molar-refractivity contribution in [3.05, 3.63) is 96.3 Å². The Balaban J connectivity index is 1.38. The highest BCUT2D eigenvalue weighted by molar-refractivity contribution is 6.16. The fraction of sp³-hybridized carbons (Fsp3) is 0.219. The number of carbonyl (C=O) groups excluding carboxylic acids is 1. The Kier molecular flexibility index (Phi) is 6.71. The first-order chi connectivity index (χ1) is 19.0. The minimum atomic E-state index is -0.000246. The fourth-order valence-corrected chi connectivity index (χ4v) is 5.14. The Hall–Kier alpha value is -4.65. The summed E-state index contributed by atoms with van der Waals surface area (Å²) in [6.45, 7) is 4.84. The number of aromatic nitrogens is 4. The molecule has 0 saturated heterocycles. The van der Waals surface area contributed by atoms with Crippen molar-refractivity contribution in [2.75, 3.05) is 11.9 Å². The lowest BCUT2D eigenvalue weighted by Gasteiger charge is -2.12. The summed E-state index contributed by atoms with van der Waals surface area (Å²) in [4.78, 5) is 34.2. The number of nitrogens with one attached hydrogen (secondary N) is 2. The maximum Gasteiger partial charge on any atom is 0.224 e. The van der Waals surface area contributed by atoms with Crippen LogP contribution < -0.4 is 5.32 Å². The van der Waals surface area contributed by atoms with Crippen molar-refractivity contribution in [2.24, 2.45) is 10.9 Å². The van der Waals surface area contributed by atoms with Crippen molar-refractivity contribution in [2.45, 2.75) is 33.1 Å². The van der Waals surface area contributed by atoms with E-state index in [1.165, 1.54) is 5.56 Å².